The van der Waals surface area contributed by atoms with Crippen LogP contribution in [-0.2, 0) is 9.59 Å². The number of thioether (sulfide) groups is 1. The highest BCUT2D eigenvalue weighted by Crippen LogP contribution is 2.29. The number of rotatable bonds is 7. The van der Waals surface area contributed by atoms with Gasteiger partial charge in [0.25, 0.3) is 0 Å². The maximum atomic E-state index is 13.2. The molecule has 148 valence electrons. The molecule has 0 spiro atoms. The van der Waals surface area contributed by atoms with Gasteiger partial charge in [-0.2, -0.15) is 0 Å². The third-order valence-electron chi connectivity index (χ3n) is 4.26. The molecule has 2 amide bonds. The molecule has 0 aliphatic rings. The van der Waals surface area contributed by atoms with Gasteiger partial charge in [-0.25, -0.2) is 4.39 Å². The number of primary amides is 1. The van der Waals surface area contributed by atoms with Crippen LogP contribution in [0.15, 0.2) is 53.7 Å². The molecule has 10 heteroatoms. The van der Waals surface area contributed by atoms with Gasteiger partial charge in [0.15, 0.2) is 5.16 Å². The monoisotopic (exact) mass is 429 g/mol. The quantitative estimate of drug-likeness (QED) is 0.456. The van der Waals surface area contributed by atoms with E-state index >= 15 is 0 Å². The molecule has 2 aromatic heterocycles. The number of benzene rings is 2. The van der Waals surface area contributed by atoms with Crippen molar-refractivity contribution in [2.75, 3.05) is 17.2 Å². The van der Waals surface area contributed by atoms with E-state index in [9.17, 15) is 14.0 Å². The lowest BCUT2D eigenvalue weighted by Gasteiger charge is -2.22. The van der Waals surface area contributed by atoms with Crippen LogP contribution in [0.25, 0.3) is 15.2 Å². The highest BCUT2D eigenvalue weighted by molar-refractivity contribution is 7.99. The summed E-state index contributed by atoms with van der Waals surface area (Å²) in [5.41, 5.74) is 6.72. The van der Waals surface area contributed by atoms with Gasteiger partial charge in [-0.3, -0.25) is 14.0 Å². The summed E-state index contributed by atoms with van der Waals surface area (Å²) in [5, 5.41) is 8.99. The highest BCUT2D eigenvalue weighted by atomic mass is 32.2. The molecule has 4 aromatic rings. The van der Waals surface area contributed by atoms with Gasteiger partial charge in [-0.15, -0.1) is 10.2 Å². The van der Waals surface area contributed by atoms with E-state index in [-0.39, 0.29) is 24.6 Å². The van der Waals surface area contributed by atoms with Crippen molar-refractivity contribution >= 4 is 55.8 Å². The zero-order valence-electron chi connectivity index (χ0n) is 15.1. The zero-order chi connectivity index (χ0) is 20.4. The van der Waals surface area contributed by atoms with E-state index in [1.165, 1.54) is 52.3 Å². The van der Waals surface area contributed by atoms with Crippen molar-refractivity contribution in [2.24, 2.45) is 5.73 Å². The van der Waals surface area contributed by atoms with E-state index in [1.807, 2.05) is 28.7 Å². The maximum Gasteiger partial charge on any atom is 0.237 e. The molecular weight excluding hydrogens is 413 g/mol. The number of aromatic nitrogens is 3. The van der Waals surface area contributed by atoms with Crippen LogP contribution in [-0.4, -0.2) is 38.7 Å². The minimum Gasteiger partial charge on any atom is -0.370 e. The number of carbonyl (C=O) groups is 2. The normalized spacial score (nSPS) is 11.2. The number of nitrogens with zero attached hydrogens (tertiary/aromatic N) is 4. The van der Waals surface area contributed by atoms with E-state index in [1.54, 1.807) is 0 Å². The molecule has 0 atom stereocenters. The minimum atomic E-state index is -0.513. The summed E-state index contributed by atoms with van der Waals surface area (Å²) in [6.45, 7) is 0.122. The predicted octanol–water partition coefficient (Wildman–Crippen LogP) is 3.08. The highest BCUT2D eigenvalue weighted by Gasteiger charge is 2.19. The summed E-state index contributed by atoms with van der Waals surface area (Å²) in [6, 6.07) is 13.4. The van der Waals surface area contributed by atoms with Crippen molar-refractivity contribution in [2.45, 2.75) is 11.6 Å². The Balaban J connectivity index is 1.55. The molecule has 0 bridgehead atoms. The number of hydrogen-bond donors (Lipinski definition) is 1. The van der Waals surface area contributed by atoms with E-state index in [0.29, 0.717) is 10.8 Å². The summed E-state index contributed by atoms with van der Waals surface area (Å²) in [6.07, 6.45) is 0.0120. The SMILES string of the molecule is NC(=O)CCN(C(=O)CSc1nnc2sc3ccccc3n12)c1ccc(F)cc1. The molecule has 0 radical (unpaired) electrons. The van der Waals surface area contributed by atoms with E-state index < -0.39 is 11.7 Å². The van der Waals surface area contributed by atoms with Gasteiger partial charge in [0, 0.05) is 18.7 Å². The maximum absolute atomic E-state index is 13.2. The Hall–Kier alpha value is -2.98. The van der Waals surface area contributed by atoms with Gasteiger partial charge in [-0.05, 0) is 36.4 Å². The number of para-hydroxylation sites is 1. The molecule has 7 nitrogen and oxygen atoms in total. The van der Waals surface area contributed by atoms with Crippen LogP contribution in [0.3, 0.4) is 0 Å². The Morgan fingerprint density at radius 2 is 1.90 bits per heavy atom. The lowest BCUT2D eigenvalue weighted by Crippen LogP contribution is -2.35. The third kappa shape index (κ3) is 4.08. The van der Waals surface area contributed by atoms with Crippen LogP contribution in [0.5, 0.6) is 0 Å². The number of halogens is 1. The van der Waals surface area contributed by atoms with Crippen LogP contribution >= 0.6 is 23.1 Å². The van der Waals surface area contributed by atoms with Crippen LogP contribution in [0.1, 0.15) is 6.42 Å². The van der Waals surface area contributed by atoms with E-state index in [0.717, 1.165) is 15.2 Å². The number of hydrogen-bond acceptors (Lipinski definition) is 6. The van der Waals surface area contributed by atoms with Gasteiger partial charge in [-0.1, -0.05) is 35.2 Å². The van der Waals surface area contributed by atoms with Gasteiger partial charge in [0.2, 0.25) is 16.8 Å². The average molecular weight is 430 g/mol. The number of amides is 2. The zero-order valence-corrected chi connectivity index (χ0v) is 16.8. The standard InChI is InChI=1S/C19H16FN5O2S2/c20-12-5-7-13(8-6-12)24(10-9-16(21)26)17(27)11-28-18-22-23-19-25(18)14-3-1-2-4-15(14)29-19/h1-8H,9-11H2,(H2,21,26). The number of fused-ring (bicyclic) bond motifs is 3. The lowest BCUT2D eigenvalue weighted by atomic mass is 10.2. The Morgan fingerprint density at radius 1 is 1.14 bits per heavy atom. The molecule has 0 aliphatic heterocycles. The number of anilines is 1. The molecule has 0 unspecified atom stereocenters. The molecule has 4 rings (SSSR count). The first-order valence-corrected chi connectivity index (χ1v) is 10.5. The van der Waals surface area contributed by atoms with E-state index in [2.05, 4.69) is 10.2 Å². The molecule has 2 N–H and O–H groups in total. The fraction of sp³-hybridized carbons (Fsp3) is 0.158. The molecule has 0 saturated carbocycles. The second-order valence-electron chi connectivity index (χ2n) is 6.20. The van der Waals surface area contributed by atoms with Crippen LogP contribution in [0, 0.1) is 5.82 Å². The number of carbonyl (C=O) groups excluding carboxylic acids is 2. The van der Waals surface area contributed by atoms with Crippen molar-refractivity contribution in [1.82, 2.24) is 14.6 Å². The molecule has 0 saturated heterocycles. The Kier molecular flexibility index (Phi) is 5.45. The summed E-state index contributed by atoms with van der Waals surface area (Å²) in [7, 11) is 0. The second-order valence-corrected chi connectivity index (χ2v) is 8.15. The third-order valence-corrected chi connectivity index (χ3v) is 6.18. The Bertz CT molecular complexity index is 1190. The summed E-state index contributed by atoms with van der Waals surface area (Å²) in [5.74, 6) is -1.07. The average Bonchev–Trinajstić information content (AvgIpc) is 3.27. The minimum absolute atomic E-state index is 0.0120. The Morgan fingerprint density at radius 3 is 2.66 bits per heavy atom. The fourth-order valence-electron chi connectivity index (χ4n) is 2.89. The van der Waals surface area contributed by atoms with Crippen molar-refractivity contribution < 1.29 is 14.0 Å². The summed E-state index contributed by atoms with van der Waals surface area (Å²) < 4.78 is 16.2. The molecule has 0 aliphatic carbocycles. The first-order valence-electron chi connectivity index (χ1n) is 8.72. The van der Waals surface area contributed by atoms with Crippen LogP contribution in [0.4, 0.5) is 10.1 Å². The second kappa shape index (κ2) is 8.18. The van der Waals surface area contributed by atoms with Crippen molar-refractivity contribution in [3.63, 3.8) is 0 Å². The topological polar surface area (TPSA) is 93.6 Å². The smallest absolute Gasteiger partial charge is 0.237 e. The van der Waals surface area contributed by atoms with E-state index in [4.69, 9.17) is 5.73 Å². The first kappa shape index (κ1) is 19.3. The predicted molar refractivity (Wildman–Crippen MR) is 112 cm³/mol. The van der Waals surface area contributed by atoms with Crippen molar-refractivity contribution in [3.8, 4) is 0 Å². The molecule has 2 heterocycles. The van der Waals surface area contributed by atoms with Crippen molar-refractivity contribution in [3.05, 3.63) is 54.3 Å². The summed E-state index contributed by atoms with van der Waals surface area (Å²) in [4.78, 5) is 26.3. The number of nitrogens with two attached hydrogens (primary N) is 1. The first-order chi connectivity index (χ1) is 14.0. The van der Waals surface area contributed by atoms with Gasteiger partial charge >= 0.3 is 0 Å². The van der Waals surface area contributed by atoms with Crippen molar-refractivity contribution in [1.29, 1.82) is 0 Å². The fourth-order valence-corrected chi connectivity index (χ4v) is 4.74. The molecular formula is C19H16FN5O2S2. The molecule has 0 fully saturated rings. The van der Waals surface area contributed by atoms with Crippen LogP contribution < -0.4 is 10.6 Å². The van der Waals surface area contributed by atoms with Crippen LogP contribution in [0.2, 0.25) is 0 Å². The number of thiazole rings is 1. The van der Waals surface area contributed by atoms with Gasteiger partial charge in [0.05, 0.1) is 16.0 Å². The molecule has 2 aromatic carbocycles. The molecule has 29 heavy (non-hydrogen) atoms. The van der Waals surface area contributed by atoms with Gasteiger partial charge < -0.3 is 10.6 Å². The largest absolute Gasteiger partial charge is 0.370 e. The Labute approximate surface area is 173 Å². The van der Waals surface area contributed by atoms with Gasteiger partial charge in [0.1, 0.15) is 5.82 Å². The summed E-state index contributed by atoms with van der Waals surface area (Å²) >= 11 is 2.79. The lowest BCUT2D eigenvalue weighted by molar-refractivity contribution is -0.118.